The number of hydrogen-bond donors (Lipinski definition) is 0. The van der Waals surface area contributed by atoms with Crippen LogP contribution in [-0.4, -0.2) is 44.0 Å². The molecule has 0 bridgehead atoms. The molecule has 0 aromatic carbocycles. The molecule has 100 valence electrons. The number of rotatable bonds is 2. The molecule has 1 saturated heterocycles. The van der Waals surface area contributed by atoms with Crippen molar-refractivity contribution in [1.82, 2.24) is 25.1 Å². The Morgan fingerprint density at radius 2 is 2.21 bits per heavy atom. The molecule has 0 N–H and O–H groups in total. The second-order valence-corrected chi connectivity index (χ2v) is 4.70. The molecule has 7 nitrogen and oxygen atoms in total. The normalized spacial score (nSPS) is 16.8. The summed E-state index contributed by atoms with van der Waals surface area (Å²) in [6.45, 7) is 3.18. The van der Waals surface area contributed by atoms with Gasteiger partial charge in [0.25, 0.3) is 5.91 Å². The van der Waals surface area contributed by atoms with Crippen molar-refractivity contribution in [3.05, 3.63) is 29.9 Å². The molecule has 0 atom stereocenters. The van der Waals surface area contributed by atoms with Gasteiger partial charge >= 0.3 is 0 Å². The summed E-state index contributed by atoms with van der Waals surface area (Å²) in [7, 11) is 0. The highest BCUT2D eigenvalue weighted by atomic mass is 16.5. The Bertz CT molecular complexity index is 554. The zero-order valence-electron chi connectivity index (χ0n) is 10.7. The summed E-state index contributed by atoms with van der Waals surface area (Å²) in [5.74, 6) is 0.569. The minimum absolute atomic E-state index is 0.00390. The standard InChI is InChI=1S/C12H15N5O2/c1-9-11(8-14-19-9)12(18)16-5-2-10(3-6-16)17-7-4-13-15-17/h4,7-8,10H,2-3,5-6H2,1H3. The molecule has 7 heteroatoms. The van der Waals surface area contributed by atoms with Gasteiger partial charge in [0.15, 0.2) is 0 Å². The van der Waals surface area contributed by atoms with Crippen LogP contribution in [-0.2, 0) is 0 Å². The summed E-state index contributed by atoms with van der Waals surface area (Å²) in [5.41, 5.74) is 0.555. The fourth-order valence-corrected chi connectivity index (χ4v) is 2.42. The van der Waals surface area contributed by atoms with Gasteiger partial charge in [0.1, 0.15) is 11.3 Å². The summed E-state index contributed by atoms with van der Waals surface area (Å²) < 4.78 is 6.80. The average molecular weight is 261 g/mol. The van der Waals surface area contributed by atoms with Crippen LogP contribution in [0.1, 0.15) is 35.0 Å². The summed E-state index contributed by atoms with van der Waals surface area (Å²) in [6, 6.07) is 0.329. The summed E-state index contributed by atoms with van der Waals surface area (Å²) >= 11 is 0. The van der Waals surface area contributed by atoms with Gasteiger partial charge in [-0.2, -0.15) is 0 Å². The predicted octanol–water partition coefficient (Wildman–Crippen LogP) is 1.05. The Hall–Kier alpha value is -2.18. The summed E-state index contributed by atoms with van der Waals surface area (Å²) in [4.78, 5) is 14.1. The number of aromatic nitrogens is 4. The SMILES string of the molecule is Cc1oncc1C(=O)N1CCC(n2ccnn2)CC1. The molecule has 0 aliphatic carbocycles. The molecule has 3 heterocycles. The van der Waals surface area contributed by atoms with Gasteiger partial charge in [0.05, 0.1) is 18.4 Å². The molecule has 0 saturated carbocycles. The van der Waals surface area contributed by atoms with E-state index in [4.69, 9.17) is 4.52 Å². The van der Waals surface area contributed by atoms with Gasteiger partial charge in [-0.25, -0.2) is 4.68 Å². The maximum absolute atomic E-state index is 12.3. The van der Waals surface area contributed by atoms with Crippen molar-refractivity contribution < 1.29 is 9.32 Å². The molecule has 3 rings (SSSR count). The van der Waals surface area contributed by atoms with Gasteiger partial charge in [0, 0.05) is 19.3 Å². The van der Waals surface area contributed by atoms with E-state index in [1.165, 1.54) is 6.20 Å². The third-order valence-electron chi connectivity index (χ3n) is 3.55. The molecule has 0 radical (unpaired) electrons. The van der Waals surface area contributed by atoms with Gasteiger partial charge < -0.3 is 9.42 Å². The molecule has 1 fully saturated rings. The Labute approximate surface area is 110 Å². The van der Waals surface area contributed by atoms with Crippen LogP contribution in [0.3, 0.4) is 0 Å². The lowest BCUT2D eigenvalue weighted by molar-refractivity contribution is 0.0687. The minimum atomic E-state index is -0.00390. The van der Waals surface area contributed by atoms with Gasteiger partial charge in [-0.1, -0.05) is 10.4 Å². The number of nitrogens with zero attached hydrogens (tertiary/aromatic N) is 5. The number of amides is 1. The second-order valence-electron chi connectivity index (χ2n) is 4.70. The second kappa shape index (κ2) is 4.83. The Morgan fingerprint density at radius 3 is 2.79 bits per heavy atom. The minimum Gasteiger partial charge on any atom is -0.361 e. The molecule has 1 amide bonds. The van der Waals surface area contributed by atoms with Gasteiger partial charge in [-0.05, 0) is 19.8 Å². The van der Waals surface area contributed by atoms with Gasteiger partial charge in [0.2, 0.25) is 0 Å². The number of piperidine rings is 1. The smallest absolute Gasteiger partial charge is 0.259 e. The quantitative estimate of drug-likeness (QED) is 0.807. The van der Waals surface area contributed by atoms with Gasteiger partial charge in [-0.3, -0.25) is 4.79 Å². The van der Waals surface area contributed by atoms with E-state index in [0.717, 1.165) is 12.8 Å². The Balaban J connectivity index is 1.64. The molecular formula is C12H15N5O2. The van der Waals surface area contributed by atoms with Crippen LogP contribution in [0.2, 0.25) is 0 Å². The molecule has 19 heavy (non-hydrogen) atoms. The van der Waals surface area contributed by atoms with E-state index in [2.05, 4.69) is 15.5 Å². The lowest BCUT2D eigenvalue weighted by Crippen LogP contribution is -2.39. The predicted molar refractivity (Wildman–Crippen MR) is 65.4 cm³/mol. The lowest BCUT2D eigenvalue weighted by atomic mass is 10.0. The highest BCUT2D eigenvalue weighted by molar-refractivity contribution is 5.94. The first-order chi connectivity index (χ1) is 9.25. The van der Waals surface area contributed by atoms with Crippen LogP contribution in [0, 0.1) is 6.92 Å². The van der Waals surface area contributed by atoms with E-state index in [1.807, 2.05) is 15.8 Å². The summed E-state index contributed by atoms with van der Waals surface area (Å²) in [6.07, 6.45) is 6.81. The number of likely N-dealkylation sites (tertiary alicyclic amines) is 1. The van der Waals surface area contributed by atoms with Crippen molar-refractivity contribution in [1.29, 1.82) is 0 Å². The Morgan fingerprint density at radius 1 is 1.42 bits per heavy atom. The lowest BCUT2D eigenvalue weighted by Gasteiger charge is -2.31. The van der Waals surface area contributed by atoms with Crippen molar-refractivity contribution in [3.8, 4) is 0 Å². The molecule has 2 aromatic heterocycles. The first-order valence-electron chi connectivity index (χ1n) is 6.32. The first-order valence-corrected chi connectivity index (χ1v) is 6.32. The molecule has 1 aliphatic heterocycles. The maximum Gasteiger partial charge on any atom is 0.259 e. The van der Waals surface area contributed by atoms with E-state index < -0.39 is 0 Å². The van der Waals surface area contributed by atoms with E-state index in [9.17, 15) is 4.79 Å². The fourth-order valence-electron chi connectivity index (χ4n) is 2.42. The zero-order chi connectivity index (χ0) is 13.2. The molecule has 0 spiro atoms. The largest absolute Gasteiger partial charge is 0.361 e. The van der Waals surface area contributed by atoms with Crippen LogP contribution < -0.4 is 0 Å². The van der Waals surface area contributed by atoms with Crippen LogP contribution in [0.4, 0.5) is 0 Å². The third kappa shape index (κ3) is 2.23. The van der Waals surface area contributed by atoms with Crippen molar-refractivity contribution in [3.63, 3.8) is 0 Å². The topological polar surface area (TPSA) is 77.0 Å². The van der Waals surface area contributed by atoms with Crippen LogP contribution in [0.25, 0.3) is 0 Å². The summed E-state index contributed by atoms with van der Waals surface area (Å²) in [5, 5.41) is 11.5. The van der Waals surface area contributed by atoms with Crippen molar-refractivity contribution in [2.24, 2.45) is 0 Å². The van der Waals surface area contributed by atoms with Crippen LogP contribution in [0.15, 0.2) is 23.1 Å². The number of aryl methyl sites for hydroxylation is 1. The van der Waals surface area contributed by atoms with Crippen LogP contribution in [0.5, 0.6) is 0 Å². The van der Waals surface area contributed by atoms with E-state index in [-0.39, 0.29) is 5.91 Å². The molecule has 0 unspecified atom stereocenters. The Kier molecular flexibility index (Phi) is 3.02. The van der Waals surface area contributed by atoms with E-state index in [0.29, 0.717) is 30.5 Å². The van der Waals surface area contributed by atoms with Crippen LogP contribution >= 0.6 is 0 Å². The van der Waals surface area contributed by atoms with Crippen molar-refractivity contribution in [2.45, 2.75) is 25.8 Å². The van der Waals surface area contributed by atoms with Crippen molar-refractivity contribution in [2.75, 3.05) is 13.1 Å². The average Bonchev–Trinajstić information content (AvgIpc) is 3.09. The maximum atomic E-state index is 12.3. The number of hydrogen-bond acceptors (Lipinski definition) is 5. The number of carbonyl (C=O) groups is 1. The molecule has 1 aliphatic rings. The number of carbonyl (C=O) groups excluding carboxylic acids is 1. The first kappa shape index (κ1) is 11.9. The molecule has 2 aromatic rings. The monoisotopic (exact) mass is 261 g/mol. The van der Waals surface area contributed by atoms with E-state index in [1.54, 1.807) is 13.1 Å². The highest BCUT2D eigenvalue weighted by Crippen LogP contribution is 2.23. The molecular weight excluding hydrogens is 246 g/mol. The van der Waals surface area contributed by atoms with Crippen molar-refractivity contribution >= 4 is 5.91 Å². The highest BCUT2D eigenvalue weighted by Gasteiger charge is 2.26. The fraction of sp³-hybridized carbons (Fsp3) is 0.500. The van der Waals surface area contributed by atoms with Gasteiger partial charge in [-0.15, -0.1) is 5.10 Å². The third-order valence-corrected chi connectivity index (χ3v) is 3.55. The van der Waals surface area contributed by atoms with E-state index >= 15 is 0 Å². The zero-order valence-corrected chi connectivity index (χ0v) is 10.7.